The van der Waals surface area contributed by atoms with Gasteiger partial charge in [0.1, 0.15) is 0 Å². The highest BCUT2D eigenvalue weighted by molar-refractivity contribution is 5.50. The summed E-state index contributed by atoms with van der Waals surface area (Å²) in [5.41, 5.74) is 4.40. The zero-order valence-corrected chi connectivity index (χ0v) is 9.14. The second-order valence-corrected chi connectivity index (χ2v) is 4.29. The van der Waals surface area contributed by atoms with Crippen molar-refractivity contribution in [1.29, 1.82) is 0 Å². The van der Waals surface area contributed by atoms with Gasteiger partial charge < -0.3 is 5.32 Å². The maximum atomic E-state index is 3.52. The normalized spacial score (nSPS) is 16.4. The molecule has 1 aliphatic rings. The molecule has 0 spiro atoms. The number of nitrogens with one attached hydrogen (secondary N) is 1. The molecule has 0 aromatic heterocycles. The molecule has 1 N–H and O–H groups in total. The van der Waals surface area contributed by atoms with Crippen LogP contribution in [0.3, 0.4) is 0 Å². The average molecular weight is 189 g/mol. The zero-order valence-electron chi connectivity index (χ0n) is 9.14. The summed E-state index contributed by atoms with van der Waals surface area (Å²) in [5.74, 6) is 0. The van der Waals surface area contributed by atoms with E-state index in [1.54, 1.807) is 11.1 Å². The molecule has 14 heavy (non-hydrogen) atoms. The van der Waals surface area contributed by atoms with Crippen molar-refractivity contribution in [1.82, 2.24) is 0 Å². The molecule has 1 aromatic carbocycles. The van der Waals surface area contributed by atoms with Gasteiger partial charge in [-0.2, -0.15) is 0 Å². The molecule has 1 heteroatoms. The minimum absolute atomic E-state index is 0.578. The predicted molar refractivity (Wildman–Crippen MR) is 61.8 cm³/mol. The number of hydrogen-bond acceptors (Lipinski definition) is 1. The lowest BCUT2D eigenvalue weighted by Crippen LogP contribution is -2.13. The Hall–Kier alpha value is -0.980. The van der Waals surface area contributed by atoms with Crippen molar-refractivity contribution in [3.05, 3.63) is 29.3 Å². The first-order chi connectivity index (χ1) is 6.79. The summed E-state index contributed by atoms with van der Waals surface area (Å²) in [7, 11) is 0. The van der Waals surface area contributed by atoms with E-state index in [-0.39, 0.29) is 0 Å². The van der Waals surface area contributed by atoms with Gasteiger partial charge in [0.25, 0.3) is 0 Å². The van der Waals surface area contributed by atoms with E-state index in [4.69, 9.17) is 0 Å². The highest BCUT2D eigenvalue weighted by Gasteiger charge is 2.10. The average Bonchev–Trinajstić information content (AvgIpc) is 2.64. The van der Waals surface area contributed by atoms with Gasteiger partial charge in [0, 0.05) is 11.7 Å². The first-order valence-corrected chi connectivity index (χ1v) is 5.68. The molecule has 2 rings (SSSR count). The van der Waals surface area contributed by atoms with Crippen LogP contribution in [0.4, 0.5) is 5.69 Å². The molecule has 0 bridgehead atoms. The largest absolute Gasteiger partial charge is 0.383 e. The summed E-state index contributed by atoms with van der Waals surface area (Å²) in [6, 6.07) is 7.41. The van der Waals surface area contributed by atoms with Gasteiger partial charge in [0.05, 0.1) is 0 Å². The van der Waals surface area contributed by atoms with Crippen molar-refractivity contribution in [2.24, 2.45) is 0 Å². The molecule has 1 nitrogen and oxygen atoms in total. The molecule has 0 saturated heterocycles. The topological polar surface area (TPSA) is 12.0 Å². The summed E-state index contributed by atoms with van der Waals surface area (Å²) in [6.45, 7) is 4.44. The summed E-state index contributed by atoms with van der Waals surface area (Å²) in [6.07, 6.45) is 5.06. The molecular weight excluding hydrogens is 170 g/mol. The maximum absolute atomic E-state index is 3.52. The van der Waals surface area contributed by atoms with Crippen LogP contribution >= 0.6 is 0 Å². The Morgan fingerprint density at radius 1 is 1.29 bits per heavy atom. The fourth-order valence-corrected chi connectivity index (χ4v) is 2.05. The Morgan fingerprint density at radius 2 is 2.07 bits per heavy atom. The van der Waals surface area contributed by atoms with E-state index in [1.807, 2.05) is 0 Å². The van der Waals surface area contributed by atoms with Crippen LogP contribution in [0, 0.1) is 0 Å². The van der Waals surface area contributed by atoms with Crippen LogP contribution in [-0.4, -0.2) is 6.04 Å². The molecule has 1 atom stereocenters. The van der Waals surface area contributed by atoms with Gasteiger partial charge in [-0.25, -0.2) is 0 Å². The van der Waals surface area contributed by atoms with Gasteiger partial charge >= 0.3 is 0 Å². The highest BCUT2D eigenvalue weighted by Crippen LogP contribution is 2.25. The predicted octanol–water partition coefficient (Wildman–Crippen LogP) is 3.39. The van der Waals surface area contributed by atoms with Gasteiger partial charge in [-0.05, 0) is 55.9 Å². The van der Waals surface area contributed by atoms with E-state index in [9.17, 15) is 0 Å². The molecule has 0 unspecified atom stereocenters. The molecule has 76 valence electrons. The zero-order chi connectivity index (χ0) is 9.97. The van der Waals surface area contributed by atoms with Gasteiger partial charge in [-0.1, -0.05) is 13.0 Å². The molecule has 0 radical (unpaired) electrons. The van der Waals surface area contributed by atoms with Crippen LogP contribution in [0.1, 0.15) is 37.8 Å². The van der Waals surface area contributed by atoms with E-state index in [1.165, 1.54) is 31.4 Å². The molecule has 1 aromatic rings. The number of hydrogen-bond donors (Lipinski definition) is 1. The third-order valence-electron chi connectivity index (χ3n) is 3.12. The Bertz CT molecular complexity index is 317. The SMILES string of the molecule is CC[C@@H](C)Nc1ccc2c(c1)CCC2. The van der Waals surface area contributed by atoms with E-state index >= 15 is 0 Å². The third kappa shape index (κ3) is 1.92. The number of aryl methyl sites for hydroxylation is 2. The van der Waals surface area contributed by atoms with Gasteiger partial charge in [-0.3, -0.25) is 0 Å². The standard InChI is InChI=1S/C13H19N/c1-3-10(2)14-13-8-7-11-5-4-6-12(11)9-13/h7-10,14H,3-6H2,1-2H3/t10-/m1/s1. The summed E-state index contributed by atoms with van der Waals surface area (Å²) in [4.78, 5) is 0. The second-order valence-electron chi connectivity index (χ2n) is 4.29. The van der Waals surface area contributed by atoms with E-state index < -0.39 is 0 Å². The second kappa shape index (κ2) is 4.04. The molecular formula is C13H19N. The first-order valence-electron chi connectivity index (χ1n) is 5.68. The fraction of sp³-hybridized carbons (Fsp3) is 0.538. The lowest BCUT2D eigenvalue weighted by atomic mass is 10.1. The van der Waals surface area contributed by atoms with Gasteiger partial charge in [0.15, 0.2) is 0 Å². The van der Waals surface area contributed by atoms with Crippen molar-refractivity contribution >= 4 is 5.69 Å². The van der Waals surface area contributed by atoms with Crippen molar-refractivity contribution in [3.63, 3.8) is 0 Å². The van der Waals surface area contributed by atoms with Crippen molar-refractivity contribution in [2.45, 2.75) is 45.6 Å². The highest BCUT2D eigenvalue weighted by atomic mass is 14.9. The van der Waals surface area contributed by atoms with Gasteiger partial charge in [0.2, 0.25) is 0 Å². The van der Waals surface area contributed by atoms with Crippen molar-refractivity contribution in [3.8, 4) is 0 Å². The Kier molecular flexibility index (Phi) is 2.76. The number of benzene rings is 1. The molecule has 0 fully saturated rings. The lowest BCUT2D eigenvalue weighted by molar-refractivity contribution is 0.764. The summed E-state index contributed by atoms with van der Waals surface area (Å²) >= 11 is 0. The molecule has 0 aliphatic heterocycles. The van der Waals surface area contributed by atoms with Crippen LogP contribution in [0.2, 0.25) is 0 Å². The van der Waals surface area contributed by atoms with E-state index in [2.05, 4.69) is 37.4 Å². The quantitative estimate of drug-likeness (QED) is 0.768. The molecule has 1 aliphatic carbocycles. The molecule has 0 saturated carbocycles. The van der Waals surface area contributed by atoms with E-state index in [0.29, 0.717) is 6.04 Å². The maximum Gasteiger partial charge on any atom is 0.0345 e. The van der Waals surface area contributed by atoms with Crippen LogP contribution in [0.15, 0.2) is 18.2 Å². The fourth-order valence-electron chi connectivity index (χ4n) is 2.05. The van der Waals surface area contributed by atoms with Crippen LogP contribution in [-0.2, 0) is 12.8 Å². The van der Waals surface area contributed by atoms with Crippen LogP contribution in [0.25, 0.3) is 0 Å². The van der Waals surface area contributed by atoms with Crippen molar-refractivity contribution in [2.75, 3.05) is 5.32 Å². The van der Waals surface area contributed by atoms with E-state index in [0.717, 1.165) is 0 Å². The lowest BCUT2D eigenvalue weighted by Gasteiger charge is -2.13. The third-order valence-corrected chi connectivity index (χ3v) is 3.12. The summed E-state index contributed by atoms with van der Waals surface area (Å²) in [5, 5.41) is 3.52. The minimum Gasteiger partial charge on any atom is -0.383 e. The monoisotopic (exact) mass is 189 g/mol. The molecule has 0 amide bonds. The van der Waals surface area contributed by atoms with Crippen LogP contribution in [0.5, 0.6) is 0 Å². The summed E-state index contributed by atoms with van der Waals surface area (Å²) < 4.78 is 0. The smallest absolute Gasteiger partial charge is 0.0345 e. The first kappa shape index (κ1) is 9.57. The molecule has 0 heterocycles. The Labute approximate surface area is 86.5 Å². The number of rotatable bonds is 3. The van der Waals surface area contributed by atoms with Crippen molar-refractivity contribution < 1.29 is 0 Å². The Morgan fingerprint density at radius 3 is 2.86 bits per heavy atom. The van der Waals surface area contributed by atoms with Crippen LogP contribution < -0.4 is 5.32 Å². The number of fused-ring (bicyclic) bond motifs is 1. The number of anilines is 1. The minimum atomic E-state index is 0.578. The van der Waals surface area contributed by atoms with Gasteiger partial charge in [-0.15, -0.1) is 0 Å². The Balaban J connectivity index is 2.12.